The summed E-state index contributed by atoms with van der Waals surface area (Å²) in [7, 11) is -19.7. The zero-order chi connectivity index (χ0) is 75.8. The summed E-state index contributed by atoms with van der Waals surface area (Å²) >= 11 is 16.7. The molecular formula is C80H100B4Br4O12P4. The third kappa shape index (κ3) is 14.5. The molecule has 6 aliphatic heterocycles. The Morgan fingerprint density at radius 3 is 0.442 bits per heavy atom. The molecule has 0 radical (unpaired) electrons. The van der Waals surface area contributed by atoms with Crippen molar-refractivity contribution in [2.24, 2.45) is 0 Å². The van der Waals surface area contributed by atoms with Crippen LogP contribution in [-0.4, -0.2) is 27.0 Å². The number of halogens is 4. The number of hydrogen-bond acceptors (Lipinski definition) is 12. The first-order valence-corrected chi connectivity index (χ1v) is 45.4. The average molecular weight is 1740 g/mol. The van der Waals surface area contributed by atoms with E-state index >= 15 is 0 Å². The maximum Gasteiger partial charge on any atom is 0.523 e. The average Bonchev–Trinajstić information content (AvgIpc) is 0.661. The van der Waals surface area contributed by atoms with E-state index in [1.54, 1.807) is 0 Å². The van der Waals surface area contributed by atoms with Crippen LogP contribution in [0.1, 0.15) is 211 Å². The van der Waals surface area contributed by atoms with Crippen LogP contribution in [0, 0.1) is 0 Å². The largest absolute Gasteiger partial charge is 0.523 e. The predicted octanol–water partition coefficient (Wildman–Crippen LogP) is 21.4. The Kier molecular flexibility index (Phi) is 20.1. The van der Waals surface area contributed by atoms with E-state index in [2.05, 4.69) is 303 Å². The van der Waals surface area contributed by atoms with Crippen molar-refractivity contribution in [3.8, 4) is 0 Å². The maximum absolute atomic E-state index is 8.90. The van der Waals surface area contributed by atoms with Crippen molar-refractivity contribution in [2.45, 2.75) is 209 Å². The molecule has 8 bridgehead atoms. The van der Waals surface area contributed by atoms with Crippen LogP contribution in [0.2, 0.25) is 0 Å². The Morgan fingerprint density at radius 2 is 0.327 bits per heavy atom. The summed E-state index contributed by atoms with van der Waals surface area (Å²) in [6.07, 6.45) is 0. The van der Waals surface area contributed by atoms with Crippen molar-refractivity contribution in [3.63, 3.8) is 0 Å². The van der Waals surface area contributed by atoms with E-state index < -0.39 is 102 Å². The lowest BCUT2D eigenvalue weighted by atomic mass is 9.70. The molecule has 14 rings (SSSR count). The molecule has 12 nitrogen and oxygen atoms in total. The Bertz CT molecular complexity index is 3920. The SMILES string of the molecule is CC(C)(C)c1cc(C(C)(C)C)cc([P+]23O[B-]4(c5ccccc5Br)O[P+]5(c6cc(C(C)(C)C)cc(C(C)(C)C)c6)O[B-](c6ccccc6Br)(O2)O[P+]2(c6cc(C(C)(C)C)cc(C(C)(C)C)c6)O[B-](c6ccccc6Br)(O3)O[P+](c3cc(C(C)(C)C)cc(C(C)(C)C)c3)(O4)O[B-](c3ccccc3Br)(O5)O2)c1. The normalized spacial score (nSPS) is 27.7. The smallest absolute Gasteiger partial charge is 0.320 e. The molecule has 0 unspecified atom stereocenters. The fourth-order valence-corrected chi connectivity index (χ4v) is 28.0. The second-order valence-corrected chi connectivity index (χ2v) is 49.0. The van der Waals surface area contributed by atoms with Crippen molar-refractivity contribution < 1.29 is 53.3 Å². The van der Waals surface area contributed by atoms with E-state index in [1.165, 1.54) is 0 Å². The third-order valence-electron chi connectivity index (χ3n) is 20.3. The van der Waals surface area contributed by atoms with Gasteiger partial charge in [0, 0.05) is 0 Å². The van der Waals surface area contributed by atoms with Crippen LogP contribution in [0.4, 0.5) is 0 Å². The monoisotopic (exact) mass is 1740 g/mol. The van der Waals surface area contributed by atoms with Crippen LogP contribution in [-0.2, 0) is 96.6 Å². The summed E-state index contributed by atoms with van der Waals surface area (Å²) in [6, 6.07) is 57.1. The quantitative estimate of drug-likeness (QED) is 0.107. The highest BCUT2D eigenvalue weighted by atomic mass is 79.9. The Morgan fingerprint density at radius 1 is 0.202 bits per heavy atom. The molecule has 6 aliphatic rings. The molecule has 552 valence electrons. The highest BCUT2D eigenvalue weighted by Gasteiger charge is 2.84. The topological polar surface area (TPSA) is 111 Å². The molecule has 8 aromatic rings. The molecule has 104 heavy (non-hydrogen) atoms. The summed E-state index contributed by atoms with van der Waals surface area (Å²) in [4.78, 5) is 0. The minimum Gasteiger partial charge on any atom is -0.320 e. The highest BCUT2D eigenvalue weighted by Crippen LogP contribution is 2.87. The summed E-state index contributed by atoms with van der Waals surface area (Å²) in [5.41, 5.74) is 5.25. The van der Waals surface area contributed by atoms with E-state index in [-0.39, 0.29) is 0 Å². The van der Waals surface area contributed by atoms with Gasteiger partial charge in [-0.05, 0) is 154 Å². The lowest BCUT2D eigenvalue weighted by molar-refractivity contribution is 0.0780. The van der Waals surface area contributed by atoms with Gasteiger partial charge in [-0.15, -0.1) is 0 Å². The fourth-order valence-electron chi connectivity index (χ4n) is 13.7. The zero-order valence-electron chi connectivity index (χ0n) is 64.7. The van der Waals surface area contributed by atoms with E-state index in [0.717, 1.165) is 44.5 Å². The summed E-state index contributed by atoms with van der Waals surface area (Å²) in [6.45, 7) is 37.2. The van der Waals surface area contributed by atoms with Crippen molar-refractivity contribution in [3.05, 3.63) is 232 Å². The molecule has 0 aliphatic carbocycles. The first-order chi connectivity index (χ1) is 47.8. The molecular weight excluding hydrogens is 1640 g/mol. The third-order valence-corrected chi connectivity index (χ3v) is 33.5. The van der Waals surface area contributed by atoms with Crippen LogP contribution < -0.4 is 43.1 Å². The van der Waals surface area contributed by atoms with Crippen LogP contribution in [0.25, 0.3) is 0 Å². The molecule has 6 fully saturated rings. The molecule has 0 aromatic heterocycles. The maximum atomic E-state index is 8.90. The van der Waals surface area contributed by atoms with Gasteiger partial charge in [-0.2, -0.15) is 0 Å². The first-order valence-electron chi connectivity index (χ1n) is 36.1. The van der Waals surface area contributed by atoms with Crippen molar-refractivity contribution in [1.29, 1.82) is 0 Å². The van der Waals surface area contributed by atoms with E-state index in [1.807, 2.05) is 97.1 Å². The van der Waals surface area contributed by atoms with Crippen LogP contribution in [0.15, 0.2) is 188 Å². The van der Waals surface area contributed by atoms with Gasteiger partial charge in [0.1, 0.15) is 0 Å². The van der Waals surface area contributed by atoms with Gasteiger partial charge in [0.05, 0.1) is 0 Å². The molecule has 24 heteroatoms. The Balaban J connectivity index is 1.38. The molecule has 0 saturated carbocycles. The van der Waals surface area contributed by atoms with Gasteiger partial charge >= 0.3 is 58.8 Å². The van der Waals surface area contributed by atoms with Gasteiger partial charge in [-0.1, -0.05) is 373 Å². The Labute approximate surface area is 655 Å². The lowest BCUT2D eigenvalue weighted by Crippen LogP contribution is -2.75. The zero-order valence-corrected chi connectivity index (χ0v) is 74.6. The summed E-state index contributed by atoms with van der Waals surface area (Å²) in [5, 5.41) is 1.90. The molecule has 0 N–H and O–H groups in total. The fraction of sp³-hybridized carbons (Fsp3) is 0.400. The van der Waals surface area contributed by atoms with E-state index in [0.29, 0.717) is 61.0 Å². The van der Waals surface area contributed by atoms with Gasteiger partial charge < -0.3 is 53.3 Å². The second-order valence-electron chi connectivity index (χ2n) is 37.0. The highest BCUT2D eigenvalue weighted by molar-refractivity contribution is 9.11. The molecule has 0 amide bonds. The lowest BCUT2D eigenvalue weighted by Gasteiger charge is -2.64. The summed E-state index contributed by atoms with van der Waals surface area (Å²) in [5.74, 6) is 0. The minimum absolute atomic E-state index is 0.390. The van der Waals surface area contributed by atoms with Crippen molar-refractivity contribution >= 4 is 166 Å². The van der Waals surface area contributed by atoms with Crippen LogP contribution >= 0.6 is 95.5 Å². The van der Waals surface area contributed by atoms with E-state index in [4.69, 9.17) is 53.3 Å². The number of hydrogen-bond donors (Lipinski definition) is 0. The molecule has 6 saturated heterocycles. The first kappa shape index (κ1) is 79.3. The Hall–Kier alpha value is -2.82. The van der Waals surface area contributed by atoms with Crippen molar-refractivity contribution in [2.75, 3.05) is 0 Å². The van der Waals surface area contributed by atoms with Gasteiger partial charge in [-0.3, -0.25) is 0 Å². The molecule has 6 heterocycles. The predicted molar refractivity (Wildman–Crippen MR) is 453 cm³/mol. The van der Waals surface area contributed by atoms with Gasteiger partial charge in [-0.25, -0.2) is 0 Å². The number of rotatable bonds is 8. The molecule has 8 aromatic carbocycles. The minimum atomic E-state index is -4.92. The standard InChI is InChI=1S/C80H100B4Br4O12P4/c1-73(2,3)53-41-54(74(4,5)6)46-61(45-53)101-89-81(65-33-25-29-37-69(65)85)92-102(62-47-55(75(7,8)9)42-56(48-62)76(10,11)12)93-82(90-101,66-34-26-30-38-70(66)86)95-104(64-51-59(79(19,20)21)44-60(52-64)80(22,23)24)97-83(91-101,67-35-27-31-39-71(67)87)96-103(94-81,99-84(98-102,100-104)68-36-28-32-40-72(68)88)63-49-57(77(13,14)15)43-58(50-63)78(16,17)18/h25-52H,1-24H3. The van der Waals surface area contributed by atoms with E-state index in [9.17, 15) is 0 Å². The molecule has 0 spiro atoms. The van der Waals surface area contributed by atoms with Gasteiger partial charge in [0.2, 0.25) is 0 Å². The second kappa shape index (κ2) is 26.4. The van der Waals surface area contributed by atoms with Gasteiger partial charge in [0.25, 0.3) is 0 Å². The molecule has 0 atom stereocenters. The van der Waals surface area contributed by atoms with Crippen molar-refractivity contribution in [1.82, 2.24) is 0 Å². The van der Waals surface area contributed by atoms with Crippen LogP contribution in [0.5, 0.6) is 0 Å². The van der Waals surface area contributed by atoms with Gasteiger partial charge in [0.15, 0.2) is 21.2 Å². The summed E-state index contributed by atoms with van der Waals surface area (Å²) < 4.78 is 109. The van der Waals surface area contributed by atoms with Crippen LogP contribution in [0.3, 0.4) is 0 Å². The number of benzene rings is 8.